The van der Waals surface area contributed by atoms with Crippen LogP contribution in [0.3, 0.4) is 0 Å². The van der Waals surface area contributed by atoms with Crippen LogP contribution in [0.25, 0.3) is 43.9 Å². The summed E-state index contributed by atoms with van der Waals surface area (Å²) in [5.74, 6) is 3.28. The monoisotopic (exact) mass is 884 g/mol. The molecule has 1 unspecified atom stereocenters. The summed E-state index contributed by atoms with van der Waals surface area (Å²) in [6, 6.07) is 23.8. The molecule has 2 heterocycles. The maximum Gasteiger partial charge on any atom is 0.453 e. The maximum absolute atomic E-state index is 6.83. The van der Waals surface area contributed by atoms with E-state index < -0.39 is 16.5 Å². The summed E-state index contributed by atoms with van der Waals surface area (Å²) >= 11 is 0. The first kappa shape index (κ1) is 46.4. The summed E-state index contributed by atoms with van der Waals surface area (Å²) in [5.41, 5.74) is 6.81. The fraction of sp³-hybridized carbons (Fsp3) is 0.400. The van der Waals surface area contributed by atoms with Crippen LogP contribution in [0.15, 0.2) is 89.6 Å². The molecule has 12 heteroatoms. The number of aryl methyl sites for hydroxylation is 1. The van der Waals surface area contributed by atoms with Gasteiger partial charge in [-0.1, -0.05) is 89.2 Å². The van der Waals surface area contributed by atoms with Gasteiger partial charge in [0.1, 0.15) is 51.1 Å². The summed E-state index contributed by atoms with van der Waals surface area (Å²) in [6.07, 6.45) is 0. The zero-order valence-corrected chi connectivity index (χ0v) is 40.8. The van der Waals surface area contributed by atoms with Crippen molar-refractivity contribution in [2.24, 2.45) is 0 Å². The number of fused-ring (bicyclic) bond motifs is 6. The average Bonchev–Trinajstić information content (AvgIpc) is 3.42. The van der Waals surface area contributed by atoms with Crippen molar-refractivity contribution in [3.8, 4) is 28.7 Å². The number of rotatable bonds is 7. The lowest BCUT2D eigenvalue weighted by molar-refractivity contribution is 0.413. The van der Waals surface area contributed by atoms with Gasteiger partial charge in [-0.15, -0.1) is 0 Å². The number of hydrogen-bond acceptors (Lipinski definition) is 9. The summed E-state index contributed by atoms with van der Waals surface area (Å²) in [5, 5.41) is 3.53. The van der Waals surface area contributed by atoms with Crippen molar-refractivity contribution in [1.29, 1.82) is 0 Å². The van der Waals surface area contributed by atoms with Crippen LogP contribution in [0.5, 0.6) is 28.7 Å². The van der Waals surface area contributed by atoms with E-state index in [9.17, 15) is 0 Å². The van der Waals surface area contributed by atoms with Gasteiger partial charge in [-0.05, 0) is 101 Å². The predicted octanol–water partition coefficient (Wildman–Crippen LogP) is 15.3. The zero-order chi connectivity index (χ0) is 44.4. The first-order valence-corrected chi connectivity index (χ1v) is 22.8. The van der Waals surface area contributed by atoms with E-state index in [1.54, 1.807) is 21.3 Å². The van der Waals surface area contributed by atoms with Crippen LogP contribution in [0.1, 0.15) is 111 Å². The number of methoxy groups -OCH3 is 3. The molecule has 0 amide bonds. The van der Waals surface area contributed by atoms with E-state index in [-0.39, 0.29) is 27.1 Å². The lowest BCUT2D eigenvalue weighted by Crippen LogP contribution is -2.12. The Morgan fingerprint density at radius 3 is 0.887 bits per heavy atom. The number of ether oxygens (including phenoxy) is 3. The van der Waals surface area contributed by atoms with Crippen LogP contribution in [0.4, 0.5) is 0 Å². The maximum atomic E-state index is 6.83. The van der Waals surface area contributed by atoms with Gasteiger partial charge in [-0.25, -0.2) is 0 Å². The molecule has 7 rings (SSSR count). The third-order valence-corrected chi connectivity index (χ3v) is 12.8. The SMILES string of the molecule is COc1cc(C(C)(C)C)c2op(Oc3ccc(Op4oc5c(C(C)(C)C)cc(OC)cc5c5cc(OC)cc(C(C)(C)C)c5o4)cc3)oc3c(C(C)(C)C)cc(C)cc3c2c1.O. The van der Waals surface area contributed by atoms with Crippen LogP contribution in [-0.2, 0) is 21.7 Å². The van der Waals surface area contributed by atoms with Crippen molar-refractivity contribution in [3.05, 3.63) is 101 Å². The first-order valence-electron chi connectivity index (χ1n) is 20.6. The molecule has 0 aliphatic rings. The Balaban J connectivity index is 0.00000641. The fourth-order valence-corrected chi connectivity index (χ4v) is 9.69. The smallest absolute Gasteiger partial charge is 0.453 e. The van der Waals surface area contributed by atoms with Crippen LogP contribution in [0.2, 0.25) is 0 Å². The normalized spacial score (nSPS) is 12.7. The second-order valence-corrected chi connectivity index (χ2v) is 21.8. The molecule has 2 N–H and O–H groups in total. The van der Waals surface area contributed by atoms with Crippen LogP contribution in [0, 0.1) is 6.92 Å². The van der Waals surface area contributed by atoms with Gasteiger partial charge < -0.3 is 45.5 Å². The molecule has 2 aromatic heterocycles. The highest BCUT2D eigenvalue weighted by atomic mass is 31.1. The molecule has 0 bridgehead atoms. The molecule has 0 spiro atoms. The Kier molecular flexibility index (Phi) is 12.6. The first-order chi connectivity index (χ1) is 28.5. The van der Waals surface area contributed by atoms with Gasteiger partial charge in [0.2, 0.25) is 0 Å². The Morgan fingerprint density at radius 1 is 0.371 bits per heavy atom. The van der Waals surface area contributed by atoms with Crippen molar-refractivity contribution in [2.75, 3.05) is 21.3 Å². The van der Waals surface area contributed by atoms with Gasteiger partial charge in [0.05, 0.1) is 21.3 Å². The van der Waals surface area contributed by atoms with Gasteiger partial charge in [-0.3, -0.25) is 0 Å². The lowest BCUT2D eigenvalue weighted by atomic mass is 9.83. The van der Waals surface area contributed by atoms with E-state index in [0.29, 0.717) is 28.2 Å². The van der Waals surface area contributed by atoms with Gasteiger partial charge in [0.15, 0.2) is 0 Å². The second kappa shape index (κ2) is 16.9. The summed E-state index contributed by atoms with van der Waals surface area (Å²) in [6.45, 7) is 28.1. The summed E-state index contributed by atoms with van der Waals surface area (Å²) in [7, 11) is 1.07. The second-order valence-electron chi connectivity index (χ2n) is 19.8. The highest BCUT2D eigenvalue weighted by molar-refractivity contribution is 7.32. The van der Waals surface area contributed by atoms with Gasteiger partial charge in [0.25, 0.3) is 0 Å². The molecule has 10 nitrogen and oxygen atoms in total. The molecular weight excluding hydrogens is 822 g/mol. The molecular formula is C50H62O10P2. The predicted molar refractivity (Wildman–Crippen MR) is 254 cm³/mol. The molecule has 7 aromatic rings. The molecule has 0 radical (unpaired) electrons. The third-order valence-electron chi connectivity index (χ3n) is 10.8. The van der Waals surface area contributed by atoms with E-state index >= 15 is 0 Å². The third kappa shape index (κ3) is 9.29. The molecule has 0 aliphatic carbocycles. The van der Waals surface area contributed by atoms with Crippen molar-refractivity contribution in [3.63, 3.8) is 0 Å². The molecule has 1 atom stereocenters. The van der Waals surface area contributed by atoms with Crippen molar-refractivity contribution < 1.29 is 45.5 Å². The van der Waals surface area contributed by atoms with E-state index in [1.807, 2.05) is 60.7 Å². The summed E-state index contributed by atoms with van der Waals surface area (Å²) in [4.78, 5) is 0. The minimum Gasteiger partial charge on any atom is -0.497 e. The van der Waals surface area contributed by atoms with E-state index in [1.165, 1.54) is 0 Å². The van der Waals surface area contributed by atoms with Gasteiger partial charge in [-0.2, -0.15) is 0 Å². The van der Waals surface area contributed by atoms with Crippen LogP contribution < -0.4 is 23.3 Å². The molecule has 5 aromatic carbocycles. The van der Waals surface area contributed by atoms with Gasteiger partial charge in [0, 0.05) is 43.8 Å². The molecule has 332 valence electrons. The van der Waals surface area contributed by atoms with E-state index in [2.05, 4.69) is 102 Å². The molecule has 0 aliphatic heterocycles. The Hall–Kier alpha value is -5.14. The zero-order valence-electron chi connectivity index (χ0n) is 39.0. The summed E-state index contributed by atoms with van der Waals surface area (Å²) < 4.78 is 58.0. The minimum atomic E-state index is -2.00. The van der Waals surface area contributed by atoms with Crippen LogP contribution in [-0.4, -0.2) is 26.8 Å². The standard InChI is InChI=1S/C50H60O9P2.H2O/c1-29-21-35-36-23-32(51-14)26-40(48(5,6)7)44(36)57-60(56-43(35)39(22-29)47(2,3)4)54-30-17-19-31(20-18-30)55-61-58-45-37(24-33(52-15)27-41(45)49(8,9)10)38-25-34(53-16)28-42(46(38)59-61)50(11,12)13;/h17-28H,1-16H3;1H2. The molecule has 0 saturated carbocycles. The Morgan fingerprint density at radius 2 is 0.629 bits per heavy atom. The molecule has 0 fully saturated rings. The van der Waals surface area contributed by atoms with Crippen LogP contribution >= 0.6 is 16.5 Å². The van der Waals surface area contributed by atoms with Crippen molar-refractivity contribution in [1.82, 2.24) is 0 Å². The average molecular weight is 885 g/mol. The largest absolute Gasteiger partial charge is 0.497 e. The van der Waals surface area contributed by atoms with Crippen molar-refractivity contribution >= 4 is 60.4 Å². The van der Waals surface area contributed by atoms with Crippen molar-refractivity contribution in [2.45, 2.75) is 112 Å². The number of hydrogen-bond donors (Lipinski definition) is 0. The van der Waals surface area contributed by atoms with Gasteiger partial charge >= 0.3 is 16.5 Å². The lowest BCUT2D eigenvalue weighted by Gasteiger charge is -2.21. The Bertz CT molecular complexity index is 2780. The number of benzene rings is 5. The molecule has 62 heavy (non-hydrogen) atoms. The van der Waals surface area contributed by atoms with E-state index in [4.69, 9.17) is 40.0 Å². The molecule has 0 saturated heterocycles. The highest BCUT2D eigenvalue weighted by Gasteiger charge is 2.28. The minimum absolute atomic E-state index is 0. The van der Waals surface area contributed by atoms with E-state index in [0.717, 1.165) is 72.2 Å². The Labute approximate surface area is 367 Å². The fourth-order valence-electron chi connectivity index (χ4n) is 7.50. The quantitative estimate of drug-likeness (QED) is 0.153. The highest BCUT2D eigenvalue weighted by Crippen LogP contribution is 2.48. The topological polar surface area (TPSA) is 130 Å².